The molecule has 1 unspecified atom stereocenters. The minimum absolute atomic E-state index is 0.200. The first-order valence-corrected chi connectivity index (χ1v) is 6.90. The van der Waals surface area contributed by atoms with Gasteiger partial charge in [0.25, 0.3) is 0 Å². The lowest BCUT2D eigenvalue weighted by molar-refractivity contribution is -0.143. The van der Waals surface area contributed by atoms with Gasteiger partial charge >= 0.3 is 11.9 Å². The van der Waals surface area contributed by atoms with Crippen molar-refractivity contribution in [3.05, 3.63) is 47.7 Å². The van der Waals surface area contributed by atoms with Crippen LogP contribution in [0.15, 0.2) is 36.4 Å². The highest BCUT2D eigenvalue weighted by Gasteiger charge is 2.42. The zero-order valence-corrected chi connectivity index (χ0v) is 12.3. The molecule has 0 aliphatic heterocycles. The molecule has 5 nitrogen and oxygen atoms in total. The molecule has 0 fully saturated rings. The van der Waals surface area contributed by atoms with Crippen LogP contribution >= 0.6 is 0 Å². The fraction of sp³-hybridized carbons (Fsp3) is 0.235. The Bertz CT molecular complexity index is 825. The SMILES string of the molecule is COC(=O)C1=CCC(C)(C(=O)O)c2nc3ccccc3cc21. The van der Waals surface area contributed by atoms with Crippen molar-refractivity contribution in [2.75, 3.05) is 7.11 Å². The number of allylic oxidation sites excluding steroid dienone is 1. The van der Waals surface area contributed by atoms with Crippen LogP contribution in [0.2, 0.25) is 0 Å². The molecule has 0 saturated heterocycles. The molecule has 2 aromatic rings. The van der Waals surface area contributed by atoms with Crippen LogP contribution in [0.1, 0.15) is 24.6 Å². The number of ether oxygens (including phenoxy) is 1. The highest BCUT2D eigenvalue weighted by Crippen LogP contribution is 2.40. The van der Waals surface area contributed by atoms with E-state index in [1.54, 1.807) is 19.1 Å². The molecular formula is C17H15NO4. The van der Waals surface area contributed by atoms with Crippen LogP contribution < -0.4 is 0 Å². The van der Waals surface area contributed by atoms with E-state index in [0.717, 1.165) is 5.39 Å². The van der Waals surface area contributed by atoms with Crippen LogP contribution in [0.25, 0.3) is 16.5 Å². The topological polar surface area (TPSA) is 76.5 Å². The first kappa shape index (κ1) is 14.3. The number of benzene rings is 1. The average Bonchev–Trinajstić information content (AvgIpc) is 2.53. The maximum Gasteiger partial charge on any atom is 0.338 e. The van der Waals surface area contributed by atoms with Gasteiger partial charge in [-0.25, -0.2) is 4.79 Å². The number of carboxylic acids is 1. The number of pyridine rings is 1. The number of hydrogen-bond donors (Lipinski definition) is 1. The van der Waals surface area contributed by atoms with Crippen molar-refractivity contribution in [2.24, 2.45) is 0 Å². The maximum absolute atomic E-state index is 12.0. The predicted molar refractivity (Wildman–Crippen MR) is 81.3 cm³/mol. The summed E-state index contributed by atoms with van der Waals surface area (Å²) in [6, 6.07) is 9.23. The number of hydrogen-bond acceptors (Lipinski definition) is 4. The summed E-state index contributed by atoms with van der Waals surface area (Å²) < 4.78 is 4.80. The molecule has 5 heteroatoms. The first-order valence-electron chi connectivity index (χ1n) is 6.90. The molecule has 1 N–H and O–H groups in total. The van der Waals surface area contributed by atoms with Gasteiger partial charge in [0.15, 0.2) is 0 Å². The largest absolute Gasteiger partial charge is 0.481 e. The van der Waals surface area contributed by atoms with Crippen molar-refractivity contribution in [1.29, 1.82) is 0 Å². The summed E-state index contributed by atoms with van der Waals surface area (Å²) >= 11 is 0. The van der Waals surface area contributed by atoms with E-state index in [-0.39, 0.29) is 6.42 Å². The van der Waals surface area contributed by atoms with Crippen molar-refractivity contribution >= 4 is 28.4 Å². The monoisotopic (exact) mass is 297 g/mol. The van der Waals surface area contributed by atoms with Crippen LogP contribution in [0.5, 0.6) is 0 Å². The van der Waals surface area contributed by atoms with Crippen molar-refractivity contribution in [3.8, 4) is 0 Å². The second kappa shape index (κ2) is 4.94. The summed E-state index contributed by atoms with van der Waals surface area (Å²) in [5.41, 5.74) is 0.856. The van der Waals surface area contributed by atoms with E-state index in [4.69, 9.17) is 4.74 Å². The quantitative estimate of drug-likeness (QED) is 0.862. The Hall–Kier alpha value is -2.69. The third kappa shape index (κ3) is 1.97. The van der Waals surface area contributed by atoms with Gasteiger partial charge in [-0.2, -0.15) is 0 Å². The number of carbonyl (C=O) groups excluding carboxylic acids is 1. The highest BCUT2D eigenvalue weighted by molar-refractivity contribution is 6.18. The molecule has 1 aliphatic carbocycles. The normalized spacial score (nSPS) is 20.2. The molecule has 1 aliphatic rings. The zero-order chi connectivity index (χ0) is 15.9. The maximum atomic E-state index is 12.0. The number of carboxylic acid groups (broad SMARTS) is 1. The minimum Gasteiger partial charge on any atom is -0.481 e. The van der Waals surface area contributed by atoms with E-state index >= 15 is 0 Å². The molecule has 1 heterocycles. The van der Waals surface area contributed by atoms with Crippen LogP contribution in [-0.2, 0) is 19.7 Å². The number of methoxy groups -OCH3 is 1. The Morgan fingerprint density at radius 1 is 1.32 bits per heavy atom. The molecule has 3 rings (SSSR count). The average molecular weight is 297 g/mol. The van der Waals surface area contributed by atoms with E-state index in [0.29, 0.717) is 22.3 Å². The van der Waals surface area contributed by atoms with E-state index in [2.05, 4.69) is 4.98 Å². The molecule has 112 valence electrons. The molecule has 0 radical (unpaired) electrons. The standard InChI is InChI=1S/C17H15NO4/c1-17(16(20)21)8-7-11(15(19)22-2)12-9-10-5-3-4-6-13(10)18-14(12)17/h3-7,9H,8H2,1-2H3,(H,20,21). The summed E-state index contributed by atoms with van der Waals surface area (Å²) in [5, 5.41) is 10.5. The second-order valence-corrected chi connectivity index (χ2v) is 5.53. The highest BCUT2D eigenvalue weighted by atomic mass is 16.5. The lowest BCUT2D eigenvalue weighted by atomic mass is 9.74. The van der Waals surface area contributed by atoms with Gasteiger partial charge in [0.05, 0.1) is 23.9 Å². The minimum atomic E-state index is -1.16. The Balaban J connectivity index is 2.33. The smallest absolute Gasteiger partial charge is 0.338 e. The van der Waals surface area contributed by atoms with Crippen molar-refractivity contribution in [1.82, 2.24) is 4.98 Å². The van der Waals surface area contributed by atoms with Crippen LogP contribution in [-0.4, -0.2) is 29.1 Å². The van der Waals surface area contributed by atoms with Crippen LogP contribution in [0.4, 0.5) is 0 Å². The molecule has 0 saturated carbocycles. The van der Waals surface area contributed by atoms with E-state index in [9.17, 15) is 14.7 Å². The third-order valence-corrected chi connectivity index (χ3v) is 4.13. The van der Waals surface area contributed by atoms with E-state index < -0.39 is 17.4 Å². The van der Waals surface area contributed by atoms with Crippen LogP contribution in [0.3, 0.4) is 0 Å². The summed E-state index contributed by atoms with van der Waals surface area (Å²) in [6.45, 7) is 1.63. The molecule has 0 spiro atoms. The summed E-state index contributed by atoms with van der Waals surface area (Å²) in [5.74, 6) is -1.44. The van der Waals surface area contributed by atoms with Gasteiger partial charge in [0.2, 0.25) is 0 Å². The van der Waals surface area contributed by atoms with Gasteiger partial charge in [-0.3, -0.25) is 9.78 Å². The lowest BCUT2D eigenvalue weighted by Gasteiger charge is -2.30. The Morgan fingerprint density at radius 2 is 2.05 bits per heavy atom. The number of para-hydroxylation sites is 1. The number of rotatable bonds is 2. The molecular weight excluding hydrogens is 282 g/mol. The van der Waals surface area contributed by atoms with E-state index in [1.807, 2.05) is 24.3 Å². The number of aromatic nitrogens is 1. The molecule has 1 aromatic heterocycles. The van der Waals surface area contributed by atoms with Gasteiger partial charge in [-0.05, 0) is 25.5 Å². The predicted octanol–water partition coefficient (Wildman–Crippen LogP) is 2.54. The fourth-order valence-electron chi connectivity index (χ4n) is 2.75. The molecule has 1 aromatic carbocycles. The number of esters is 1. The number of nitrogens with zero attached hydrogens (tertiary/aromatic N) is 1. The van der Waals surface area contributed by atoms with Gasteiger partial charge in [0.1, 0.15) is 5.41 Å². The number of aliphatic carboxylic acids is 1. The van der Waals surface area contributed by atoms with Crippen LogP contribution in [0, 0.1) is 0 Å². The fourth-order valence-corrected chi connectivity index (χ4v) is 2.75. The van der Waals surface area contributed by atoms with Gasteiger partial charge in [0, 0.05) is 10.9 Å². The summed E-state index contributed by atoms with van der Waals surface area (Å²) in [4.78, 5) is 28.2. The lowest BCUT2D eigenvalue weighted by Crippen LogP contribution is -2.36. The Morgan fingerprint density at radius 3 is 2.73 bits per heavy atom. The molecule has 22 heavy (non-hydrogen) atoms. The van der Waals surface area contributed by atoms with Gasteiger partial charge in [-0.1, -0.05) is 24.3 Å². The molecule has 0 amide bonds. The third-order valence-electron chi connectivity index (χ3n) is 4.13. The summed E-state index contributed by atoms with van der Waals surface area (Å²) in [6.07, 6.45) is 1.82. The van der Waals surface area contributed by atoms with Crippen molar-refractivity contribution in [2.45, 2.75) is 18.8 Å². The Kier molecular flexibility index (Phi) is 3.20. The second-order valence-electron chi connectivity index (χ2n) is 5.53. The zero-order valence-electron chi connectivity index (χ0n) is 12.3. The van der Waals surface area contributed by atoms with Crippen molar-refractivity contribution < 1.29 is 19.4 Å². The van der Waals surface area contributed by atoms with Gasteiger partial charge < -0.3 is 9.84 Å². The van der Waals surface area contributed by atoms with Crippen molar-refractivity contribution in [3.63, 3.8) is 0 Å². The first-order chi connectivity index (χ1) is 10.5. The number of fused-ring (bicyclic) bond motifs is 2. The molecule has 0 bridgehead atoms. The van der Waals surface area contributed by atoms with Gasteiger partial charge in [-0.15, -0.1) is 0 Å². The molecule has 1 atom stereocenters. The summed E-state index contributed by atoms with van der Waals surface area (Å²) in [7, 11) is 1.31. The number of carbonyl (C=O) groups is 2. The van der Waals surface area contributed by atoms with E-state index in [1.165, 1.54) is 7.11 Å². The Labute approximate surface area is 127 Å².